The highest BCUT2D eigenvalue weighted by Gasteiger charge is 2.20. The summed E-state index contributed by atoms with van der Waals surface area (Å²) in [7, 11) is 0. The van der Waals surface area contributed by atoms with E-state index >= 15 is 0 Å². The number of carbonyl (C=O) groups is 2. The van der Waals surface area contributed by atoms with Gasteiger partial charge in [0.15, 0.2) is 0 Å². The second-order valence-electron chi connectivity index (χ2n) is 2.48. The van der Waals surface area contributed by atoms with Crippen LogP contribution >= 0.6 is 0 Å². The van der Waals surface area contributed by atoms with Gasteiger partial charge in [0.05, 0.1) is 0 Å². The Hall–Kier alpha value is -0.860. The maximum Gasteiger partial charge on any atom is 0.226 e. The van der Waals surface area contributed by atoms with E-state index in [4.69, 9.17) is 0 Å². The summed E-state index contributed by atoms with van der Waals surface area (Å²) in [5.41, 5.74) is 0. The molecule has 3 heteroatoms. The van der Waals surface area contributed by atoms with Crippen molar-refractivity contribution in [2.24, 2.45) is 5.92 Å². The van der Waals surface area contributed by atoms with E-state index in [0.717, 1.165) is 0 Å². The van der Waals surface area contributed by atoms with Gasteiger partial charge in [0, 0.05) is 12.8 Å². The summed E-state index contributed by atoms with van der Waals surface area (Å²) in [5, 5.41) is 2.23. The first-order valence-electron chi connectivity index (χ1n) is 4.01. The van der Waals surface area contributed by atoms with Gasteiger partial charge in [0.1, 0.15) is 0 Å². The van der Waals surface area contributed by atoms with Crippen LogP contribution in [0.1, 0.15) is 33.6 Å². The molecular formula is C8H15NO2. The molecule has 1 aliphatic heterocycles. The minimum atomic E-state index is -0.140. The molecule has 0 aliphatic carbocycles. The van der Waals surface area contributed by atoms with E-state index in [9.17, 15) is 9.59 Å². The molecule has 11 heavy (non-hydrogen) atoms. The van der Waals surface area contributed by atoms with Crippen molar-refractivity contribution in [3.05, 3.63) is 0 Å². The molecule has 1 rings (SSSR count). The fourth-order valence-corrected chi connectivity index (χ4v) is 0.963. The SMILES string of the molecule is CC.CC1CC(=O)NC(=O)C1. The van der Waals surface area contributed by atoms with Gasteiger partial charge in [0.2, 0.25) is 11.8 Å². The molecule has 0 unspecified atom stereocenters. The number of hydrogen-bond acceptors (Lipinski definition) is 2. The minimum Gasteiger partial charge on any atom is -0.296 e. The van der Waals surface area contributed by atoms with Gasteiger partial charge in [-0.05, 0) is 5.92 Å². The molecule has 1 saturated heterocycles. The molecule has 0 aromatic rings. The van der Waals surface area contributed by atoms with Crippen LogP contribution in [-0.4, -0.2) is 11.8 Å². The molecule has 0 bridgehead atoms. The van der Waals surface area contributed by atoms with Gasteiger partial charge in [-0.3, -0.25) is 14.9 Å². The Bertz CT molecular complexity index is 138. The van der Waals surface area contributed by atoms with Crippen LogP contribution in [0, 0.1) is 5.92 Å². The summed E-state index contributed by atoms with van der Waals surface area (Å²) in [6.45, 7) is 5.90. The van der Waals surface area contributed by atoms with Gasteiger partial charge in [-0.15, -0.1) is 0 Å². The Kier molecular flexibility index (Phi) is 4.50. The second-order valence-corrected chi connectivity index (χ2v) is 2.48. The molecule has 64 valence electrons. The molecule has 1 heterocycles. The lowest BCUT2D eigenvalue weighted by Gasteiger charge is -2.15. The number of piperidine rings is 1. The summed E-state index contributed by atoms with van der Waals surface area (Å²) < 4.78 is 0. The number of rotatable bonds is 0. The molecule has 3 nitrogen and oxygen atoms in total. The third-order valence-electron chi connectivity index (χ3n) is 1.35. The fourth-order valence-electron chi connectivity index (χ4n) is 0.963. The first-order chi connectivity index (χ1) is 5.18. The summed E-state index contributed by atoms with van der Waals surface area (Å²) in [6, 6.07) is 0. The monoisotopic (exact) mass is 157 g/mol. The Balaban J connectivity index is 0.000000461. The van der Waals surface area contributed by atoms with Crippen molar-refractivity contribution >= 4 is 11.8 Å². The highest BCUT2D eigenvalue weighted by molar-refractivity contribution is 5.97. The Labute approximate surface area is 67.2 Å². The molecule has 0 radical (unpaired) electrons. The predicted octanol–water partition coefficient (Wildman–Crippen LogP) is 1.09. The van der Waals surface area contributed by atoms with Gasteiger partial charge in [0.25, 0.3) is 0 Å². The van der Waals surface area contributed by atoms with Gasteiger partial charge in [-0.2, -0.15) is 0 Å². The van der Waals surface area contributed by atoms with Crippen molar-refractivity contribution in [2.75, 3.05) is 0 Å². The molecular weight excluding hydrogens is 142 g/mol. The first-order valence-corrected chi connectivity index (χ1v) is 4.01. The average Bonchev–Trinajstić information content (AvgIpc) is 1.88. The summed E-state index contributed by atoms with van der Waals surface area (Å²) >= 11 is 0. The third-order valence-corrected chi connectivity index (χ3v) is 1.35. The molecule has 1 fully saturated rings. The quantitative estimate of drug-likeness (QED) is 0.535. The van der Waals surface area contributed by atoms with E-state index in [1.54, 1.807) is 0 Å². The minimum absolute atomic E-state index is 0.140. The van der Waals surface area contributed by atoms with Gasteiger partial charge in [-0.25, -0.2) is 0 Å². The van der Waals surface area contributed by atoms with Crippen LogP contribution in [0.4, 0.5) is 0 Å². The van der Waals surface area contributed by atoms with Crippen LogP contribution in [-0.2, 0) is 9.59 Å². The molecule has 2 amide bonds. The van der Waals surface area contributed by atoms with Crippen LogP contribution in [0.25, 0.3) is 0 Å². The van der Waals surface area contributed by atoms with Crippen molar-refractivity contribution in [1.82, 2.24) is 5.32 Å². The average molecular weight is 157 g/mol. The lowest BCUT2D eigenvalue weighted by Crippen LogP contribution is -2.37. The van der Waals surface area contributed by atoms with Crippen LogP contribution < -0.4 is 5.32 Å². The molecule has 1 aliphatic rings. The molecule has 0 atom stereocenters. The highest BCUT2D eigenvalue weighted by atomic mass is 16.2. The Morgan fingerprint density at radius 3 is 1.82 bits per heavy atom. The normalized spacial score (nSPS) is 18.5. The summed E-state index contributed by atoms with van der Waals surface area (Å²) in [4.78, 5) is 21.1. The second kappa shape index (κ2) is 4.88. The van der Waals surface area contributed by atoms with E-state index in [-0.39, 0.29) is 17.7 Å². The largest absolute Gasteiger partial charge is 0.296 e. The zero-order valence-corrected chi connectivity index (χ0v) is 7.31. The summed E-state index contributed by atoms with van der Waals surface area (Å²) in [5.74, 6) is -0.0521. The molecule has 0 spiro atoms. The van der Waals surface area contributed by atoms with Crippen molar-refractivity contribution in [2.45, 2.75) is 33.6 Å². The molecule has 0 aromatic heterocycles. The lowest BCUT2D eigenvalue weighted by atomic mass is 10.00. The molecule has 1 N–H and O–H groups in total. The van der Waals surface area contributed by atoms with Crippen LogP contribution in [0.5, 0.6) is 0 Å². The number of hydrogen-bond donors (Lipinski definition) is 1. The van der Waals surface area contributed by atoms with Crippen molar-refractivity contribution in [3.63, 3.8) is 0 Å². The van der Waals surface area contributed by atoms with E-state index in [1.165, 1.54) is 0 Å². The zero-order chi connectivity index (χ0) is 8.85. The van der Waals surface area contributed by atoms with E-state index in [2.05, 4.69) is 5.32 Å². The van der Waals surface area contributed by atoms with Crippen molar-refractivity contribution in [3.8, 4) is 0 Å². The van der Waals surface area contributed by atoms with Crippen LogP contribution in [0.2, 0.25) is 0 Å². The Morgan fingerprint density at radius 2 is 1.55 bits per heavy atom. The van der Waals surface area contributed by atoms with E-state index in [0.29, 0.717) is 12.8 Å². The van der Waals surface area contributed by atoms with Gasteiger partial charge < -0.3 is 0 Å². The topological polar surface area (TPSA) is 46.2 Å². The van der Waals surface area contributed by atoms with Gasteiger partial charge >= 0.3 is 0 Å². The number of carbonyl (C=O) groups excluding carboxylic acids is 2. The highest BCUT2D eigenvalue weighted by Crippen LogP contribution is 2.10. The zero-order valence-electron chi connectivity index (χ0n) is 7.31. The maximum absolute atomic E-state index is 10.6. The smallest absolute Gasteiger partial charge is 0.226 e. The van der Waals surface area contributed by atoms with E-state index in [1.807, 2.05) is 20.8 Å². The number of amides is 2. The lowest BCUT2D eigenvalue weighted by molar-refractivity contribution is -0.134. The third kappa shape index (κ3) is 3.75. The van der Waals surface area contributed by atoms with Crippen LogP contribution in [0.15, 0.2) is 0 Å². The van der Waals surface area contributed by atoms with Gasteiger partial charge in [-0.1, -0.05) is 20.8 Å². The predicted molar refractivity (Wildman–Crippen MR) is 42.9 cm³/mol. The van der Waals surface area contributed by atoms with Crippen LogP contribution in [0.3, 0.4) is 0 Å². The summed E-state index contributed by atoms with van der Waals surface area (Å²) in [6.07, 6.45) is 0.984. The Morgan fingerprint density at radius 1 is 1.18 bits per heavy atom. The fraction of sp³-hybridized carbons (Fsp3) is 0.750. The molecule has 0 saturated carbocycles. The van der Waals surface area contributed by atoms with E-state index < -0.39 is 0 Å². The van der Waals surface area contributed by atoms with Crippen molar-refractivity contribution < 1.29 is 9.59 Å². The standard InChI is InChI=1S/C6H9NO2.C2H6/c1-4-2-5(8)7-6(9)3-4;1-2/h4H,2-3H2,1H3,(H,7,8,9);1-2H3. The maximum atomic E-state index is 10.6. The number of imide groups is 1. The number of nitrogens with one attached hydrogen (secondary N) is 1. The molecule has 0 aromatic carbocycles. The van der Waals surface area contributed by atoms with Crippen molar-refractivity contribution in [1.29, 1.82) is 0 Å². The first kappa shape index (κ1) is 10.1.